The van der Waals surface area contributed by atoms with E-state index in [1.165, 1.54) is 35.3 Å². The minimum absolute atomic E-state index is 0.0617. The van der Waals surface area contributed by atoms with Crippen LogP contribution in [0.1, 0.15) is 31.7 Å². The summed E-state index contributed by atoms with van der Waals surface area (Å²) in [6, 6.07) is 7.94. The van der Waals surface area contributed by atoms with Crippen molar-refractivity contribution in [3.8, 4) is 17.1 Å². The number of aliphatic hydroxyl groups excluding tert-OH is 1. The number of aromatic nitrogens is 7. The third-order valence-corrected chi connectivity index (χ3v) is 6.01. The van der Waals surface area contributed by atoms with Crippen molar-refractivity contribution in [3.63, 3.8) is 0 Å². The van der Waals surface area contributed by atoms with Crippen molar-refractivity contribution in [1.29, 1.82) is 0 Å². The topological polar surface area (TPSA) is 130 Å². The van der Waals surface area contributed by atoms with E-state index in [-0.39, 0.29) is 23.7 Å². The second-order valence-electron chi connectivity index (χ2n) is 9.54. The lowest BCUT2D eigenvalue weighted by molar-refractivity contribution is -0.207. The Morgan fingerprint density at radius 3 is 2.50 bits per heavy atom. The lowest BCUT2D eigenvalue weighted by atomic mass is 9.96. The summed E-state index contributed by atoms with van der Waals surface area (Å²) >= 11 is 5.92. The highest BCUT2D eigenvalue weighted by atomic mass is 35.5. The van der Waals surface area contributed by atoms with Crippen molar-refractivity contribution >= 4 is 11.6 Å². The van der Waals surface area contributed by atoms with E-state index in [1.54, 1.807) is 12.4 Å². The maximum absolute atomic E-state index is 13.1. The van der Waals surface area contributed by atoms with Crippen LogP contribution in [0.4, 0.5) is 13.2 Å². The predicted molar refractivity (Wildman–Crippen MR) is 134 cm³/mol. The molecule has 3 N–H and O–H groups in total. The summed E-state index contributed by atoms with van der Waals surface area (Å²) in [4.78, 5) is 21.5. The largest absolute Gasteiger partial charge is 0.416 e. The molecule has 14 heteroatoms. The van der Waals surface area contributed by atoms with Crippen LogP contribution >= 0.6 is 11.6 Å². The van der Waals surface area contributed by atoms with E-state index in [9.17, 15) is 23.1 Å². The fourth-order valence-electron chi connectivity index (χ4n) is 3.71. The van der Waals surface area contributed by atoms with E-state index in [0.29, 0.717) is 22.7 Å². The molecule has 0 fully saturated rings. The van der Waals surface area contributed by atoms with Gasteiger partial charge in [-0.1, -0.05) is 11.6 Å². The number of nitrogens with zero attached hydrogens (tertiary/aromatic N) is 7. The first kappa shape index (κ1) is 27.5. The van der Waals surface area contributed by atoms with Crippen LogP contribution in [0.2, 0.25) is 5.02 Å². The highest BCUT2D eigenvalue weighted by Crippen LogP contribution is 2.24. The zero-order valence-corrected chi connectivity index (χ0v) is 21.4. The standard InChI is InChI=1S/C24H26ClF3N8O2/c1-23(2,29)9-7-15-8-10-30-11-18(15)36-14-31-20(32-36)13-35-22(38)34(12-19(37)24(26,27)28)21(33-35)16-3-5-17(25)6-4-16/h3-6,8,10-11,14,19,37H,7,9,12-13,29H2,1-2H3/t19-/m0/s1. The normalized spacial score (nSPS) is 13.2. The van der Waals surface area contributed by atoms with E-state index < -0.39 is 24.5 Å². The van der Waals surface area contributed by atoms with Crippen LogP contribution in [0.25, 0.3) is 17.1 Å². The SMILES string of the molecule is CC(C)(N)CCc1ccncc1-n1cnc(Cn2nc(-c3ccc(Cl)cc3)n(C[C@H](O)C(F)(F)F)c2=O)n1. The van der Waals surface area contributed by atoms with Gasteiger partial charge in [0.2, 0.25) is 0 Å². The Balaban J connectivity index is 1.65. The van der Waals surface area contributed by atoms with Crippen molar-refractivity contribution in [3.05, 3.63) is 75.9 Å². The minimum atomic E-state index is -4.92. The van der Waals surface area contributed by atoms with E-state index in [1.807, 2.05) is 19.9 Å². The molecule has 3 heterocycles. The van der Waals surface area contributed by atoms with Crippen molar-refractivity contribution < 1.29 is 18.3 Å². The second-order valence-corrected chi connectivity index (χ2v) is 9.97. The second kappa shape index (κ2) is 10.7. The number of hydrogen-bond donors (Lipinski definition) is 2. The molecule has 1 atom stereocenters. The molecule has 0 aliphatic carbocycles. The Labute approximate surface area is 220 Å². The van der Waals surface area contributed by atoms with Crippen molar-refractivity contribution in [2.45, 2.75) is 57.6 Å². The number of nitrogens with two attached hydrogens (primary N) is 1. The Kier molecular flexibility index (Phi) is 7.72. The van der Waals surface area contributed by atoms with E-state index in [0.717, 1.165) is 21.2 Å². The molecule has 0 aliphatic rings. The summed E-state index contributed by atoms with van der Waals surface area (Å²) in [5.41, 5.74) is 6.87. The molecular formula is C24H26ClF3N8O2. The summed E-state index contributed by atoms with van der Waals surface area (Å²) < 4.78 is 42.5. The van der Waals surface area contributed by atoms with Gasteiger partial charge in [-0.25, -0.2) is 19.1 Å². The molecule has 0 unspecified atom stereocenters. The van der Waals surface area contributed by atoms with Gasteiger partial charge in [0.25, 0.3) is 0 Å². The zero-order chi connectivity index (χ0) is 27.7. The number of pyridine rings is 1. The maximum atomic E-state index is 13.1. The van der Waals surface area contributed by atoms with Gasteiger partial charge in [-0.15, -0.1) is 10.2 Å². The van der Waals surface area contributed by atoms with Crippen LogP contribution in [0.3, 0.4) is 0 Å². The number of aryl methyl sites for hydroxylation is 1. The molecule has 10 nitrogen and oxygen atoms in total. The summed E-state index contributed by atoms with van der Waals surface area (Å²) in [6.07, 6.45) is -1.53. The monoisotopic (exact) mass is 550 g/mol. The summed E-state index contributed by atoms with van der Waals surface area (Å²) in [6.45, 7) is 2.63. The van der Waals surface area contributed by atoms with Gasteiger partial charge >= 0.3 is 11.9 Å². The maximum Gasteiger partial charge on any atom is 0.416 e. The molecule has 0 bridgehead atoms. The van der Waals surface area contributed by atoms with Gasteiger partial charge in [0, 0.05) is 22.3 Å². The van der Waals surface area contributed by atoms with Gasteiger partial charge in [0.1, 0.15) is 12.9 Å². The van der Waals surface area contributed by atoms with Gasteiger partial charge in [-0.05, 0) is 62.6 Å². The number of rotatable bonds is 9. The molecule has 4 aromatic rings. The van der Waals surface area contributed by atoms with Crippen molar-refractivity contribution in [2.75, 3.05) is 0 Å². The van der Waals surface area contributed by atoms with Crippen LogP contribution in [0.5, 0.6) is 0 Å². The first-order chi connectivity index (χ1) is 17.8. The molecule has 0 aliphatic heterocycles. The first-order valence-electron chi connectivity index (χ1n) is 11.6. The molecule has 0 saturated heterocycles. The number of alkyl halides is 3. The average Bonchev–Trinajstić information content (AvgIpc) is 3.43. The fourth-order valence-corrected chi connectivity index (χ4v) is 3.83. The van der Waals surface area contributed by atoms with Crippen LogP contribution in [-0.2, 0) is 19.5 Å². The number of benzene rings is 1. The van der Waals surface area contributed by atoms with Crippen LogP contribution < -0.4 is 11.4 Å². The van der Waals surface area contributed by atoms with Crippen molar-refractivity contribution in [1.82, 2.24) is 34.1 Å². The predicted octanol–water partition coefficient (Wildman–Crippen LogP) is 2.98. The lowest BCUT2D eigenvalue weighted by Gasteiger charge is -2.18. The molecule has 0 spiro atoms. The van der Waals surface area contributed by atoms with E-state index in [2.05, 4.69) is 20.2 Å². The fraction of sp³-hybridized carbons (Fsp3) is 0.375. The molecule has 38 heavy (non-hydrogen) atoms. The van der Waals surface area contributed by atoms with Gasteiger partial charge in [-0.3, -0.25) is 9.55 Å². The van der Waals surface area contributed by atoms with Gasteiger partial charge < -0.3 is 10.8 Å². The summed E-state index contributed by atoms with van der Waals surface area (Å²) in [7, 11) is 0. The number of halogens is 4. The lowest BCUT2D eigenvalue weighted by Crippen LogP contribution is -2.37. The highest BCUT2D eigenvalue weighted by molar-refractivity contribution is 6.30. The van der Waals surface area contributed by atoms with Gasteiger partial charge in [0.05, 0.1) is 18.4 Å². The van der Waals surface area contributed by atoms with Crippen LogP contribution in [0.15, 0.2) is 53.8 Å². The molecule has 0 amide bonds. The third kappa shape index (κ3) is 6.47. The Bertz CT molecular complexity index is 1460. The van der Waals surface area contributed by atoms with Crippen LogP contribution in [0, 0.1) is 0 Å². The van der Waals surface area contributed by atoms with E-state index in [4.69, 9.17) is 17.3 Å². The molecule has 0 saturated carbocycles. The summed E-state index contributed by atoms with van der Waals surface area (Å²) in [5.74, 6) is 0.137. The Hall–Kier alpha value is -3.55. The van der Waals surface area contributed by atoms with Crippen molar-refractivity contribution in [2.24, 2.45) is 5.73 Å². The molecule has 1 aromatic carbocycles. The van der Waals surface area contributed by atoms with Gasteiger partial charge in [-0.2, -0.15) is 13.2 Å². The highest BCUT2D eigenvalue weighted by Gasteiger charge is 2.39. The zero-order valence-electron chi connectivity index (χ0n) is 20.6. The molecular weight excluding hydrogens is 525 g/mol. The van der Waals surface area contributed by atoms with Crippen LogP contribution in [-0.4, -0.2) is 57.0 Å². The van der Waals surface area contributed by atoms with Gasteiger partial charge in [0.15, 0.2) is 17.8 Å². The molecule has 4 rings (SSSR count). The number of aliphatic hydroxyl groups is 1. The quantitative estimate of drug-likeness (QED) is 0.328. The smallest absolute Gasteiger partial charge is 0.382 e. The number of hydrogen-bond acceptors (Lipinski definition) is 7. The summed E-state index contributed by atoms with van der Waals surface area (Å²) in [5, 5.41) is 18.7. The first-order valence-corrected chi connectivity index (χ1v) is 12.0. The average molecular weight is 551 g/mol. The third-order valence-electron chi connectivity index (χ3n) is 5.76. The molecule has 202 valence electrons. The Morgan fingerprint density at radius 1 is 1.13 bits per heavy atom. The minimum Gasteiger partial charge on any atom is -0.382 e. The Morgan fingerprint density at radius 2 is 1.84 bits per heavy atom. The molecule has 0 radical (unpaired) electrons. The van der Waals surface area contributed by atoms with E-state index >= 15 is 0 Å². The molecule has 3 aromatic heterocycles.